The fourth-order valence-electron chi connectivity index (χ4n) is 1.55. The molecule has 0 saturated carbocycles. The van der Waals surface area contributed by atoms with E-state index >= 15 is 0 Å². The zero-order chi connectivity index (χ0) is 9.52. The van der Waals surface area contributed by atoms with Gasteiger partial charge in [0.25, 0.3) is 0 Å². The van der Waals surface area contributed by atoms with E-state index in [4.69, 9.17) is 16.3 Å². The van der Waals surface area contributed by atoms with E-state index in [-0.39, 0.29) is 0 Å². The fourth-order valence-corrected chi connectivity index (χ4v) is 1.65. The lowest BCUT2D eigenvalue weighted by molar-refractivity contribution is 0.102. The minimum Gasteiger partial charge on any atom is -0.378 e. The van der Waals surface area contributed by atoms with Crippen LogP contribution in [0.25, 0.3) is 0 Å². The normalized spacial score (nSPS) is 22.1. The highest BCUT2D eigenvalue weighted by molar-refractivity contribution is 6.29. The Morgan fingerprint density at radius 1 is 1.62 bits per heavy atom. The molecule has 1 N–H and O–H groups in total. The van der Waals surface area contributed by atoms with Crippen LogP contribution in [0.15, 0.2) is 11.6 Å². The molecule has 0 aromatic rings. The zero-order valence-electron chi connectivity index (χ0n) is 8.02. The van der Waals surface area contributed by atoms with Crippen LogP contribution in [0.3, 0.4) is 0 Å². The summed E-state index contributed by atoms with van der Waals surface area (Å²) in [5.74, 6) is 0. The summed E-state index contributed by atoms with van der Waals surface area (Å²) < 4.78 is 5.51. The standard InChI is InChI=1S/C10H18ClNO/c1-9(11)8-12-6-2-4-10-5-3-7-13-10/h10,12H,1-8H2. The van der Waals surface area contributed by atoms with Gasteiger partial charge in [-0.2, -0.15) is 0 Å². The molecule has 3 heteroatoms. The average molecular weight is 204 g/mol. The second-order valence-electron chi connectivity index (χ2n) is 3.47. The predicted molar refractivity (Wildman–Crippen MR) is 56.1 cm³/mol. The highest BCUT2D eigenvalue weighted by atomic mass is 35.5. The smallest absolute Gasteiger partial charge is 0.0576 e. The van der Waals surface area contributed by atoms with Crippen LogP contribution in [0, 0.1) is 0 Å². The quantitative estimate of drug-likeness (QED) is 0.669. The first kappa shape index (κ1) is 11.0. The van der Waals surface area contributed by atoms with Gasteiger partial charge in [-0.05, 0) is 32.2 Å². The maximum absolute atomic E-state index is 5.60. The van der Waals surface area contributed by atoms with Gasteiger partial charge in [-0.1, -0.05) is 18.2 Å². The van der Waals surface area contributed by atoms with E-state index in [1.807, 2.05) is 0 Å². The Balaban J connectivity index is 1.86. The summed E-state index contributed by atoms with van der Waals surface area (Å²) in [5.41, 5.74) is 0. The van der Waals surface area contributed by atoms with Crippen LogP contribution in [0.4, 0.5) is 0 Å². The molecule has 1 unspecified atom stereocenters. The largest absolute Gasteiger partial charge is 0.378 e. The molecular weight excluding hydrogens is 186 g/mol. The molecular formula is C10H18ClNO. The number of hydrogen-bond donors (Lipinski definition) is 1. The van der Waals surface area contributed by atoms with E-state index < -0.39 is 0 Å². The minimum atomic E-state index is 0.515. The summed E-state index contributed by atoms with van der Waals surface area (Å²) in [6.07, 6.45) is 5.32. The van der Waals surface area contributed by atoms with E-state index in [0.717, 1.165) is 19.6 Å². The minimum absolute atomic E-state index is 0.515. The second kappa shape index (κ2) is 6.41. The van der Waals surface area contributed by atoms with Crippen molar-refractivity contribution in [3.05, 3.63) is 11.6 Å². The van der Waals surface area contributed by atoms with E-state index in [1.54, 1.807) is 0 Å². The molecule has 1 rings (SSSR count). The average Bonchev–Trinajstić information content (AvgIpc) is 2.55. The summed E-state index contributed by atoms with van der Waals surface area (Å²) in [7, 11) is 0. The van der Waals surface area contributed by atoms with Crippen molar-refractivity contribution >= 4 is 11.6 Å². The SMILES string of the molecule is C=C(Cl)CNCCCC1CCCO1. The van der Waals surface area contributed by atoms with E-state index in [0.29, 0.717) is 17.7 Å². The van der Waals surface area contributed by atoms with Crippen molar-refractivity contribution in [2.45, 2.75) is 31.8 Å². The summed E-state index contributed by atoms with van der Waals surface area (Å²) in [4.78, 5) is 0. The Kier molecular flexibility index (Phi) is 5.44. The van der Waals surface area contributed by atoms with Crippen molar-refractivity contribution in [3.63, 3.8) is 0 Å². The van der Waals surface area contributed by atoms with Crippen LogP contribution < -0.4 is 5.32 Å². The summed E-state index contributed by atoms with van der Waals surface area (Å²) in [6.45, 7) is 6.28. The zero-order valence-corrected chi connectivity index (χ0v) is 8.78. The lowest BCUT2D eigenvalue weighted by atomic mass is 10.1. The van der Waals surface area contributed by atoms with Crippen LogP contribution in [0.1, 0.15) is 25.7 Å². The molecule has 0 aliphatic carbocycles. The third-order valence-corrected chi connectivity index (χ3v) is 2.35. The summed E-state index contributed by atoms with van der Waals surface area (Å²) in [6, 6.07) is 0. The number of nitrogens with one attached hydrogen (secondary N) is 1. The van der Waals surface area contributed by atoms with Gasteiger partial charge in [-0.15, -0.1) is 0 Å². The molecule has 1 fully saturated rings. The van der Waals surface area contributed by atoms with Gasteiger partial charge in [0, 0.05) is 18.2 Å². The van der Waals surface area contributed by atoms with Gasteiger partial charge >= 0.3 is 0 Å². The molecule has 1 saturated heterocycles. The second-order valence-corrected chi connectivity index (χ2v) is 4.01. The first-order valence-corrected chi connectivity index (χ1v) is 5.32. The third-order valence-electron chi connectivity index (χ3n) is 2.22. The van der Waals surface area contributed by atoms with E-state index in [2.05, 4.69) is 11.9 Å². The lowest BCUT2D eigenvalue weighted by Crippen LogP contribution is -2.18. The Bertz CT molecular complexity index is 155. The topological polar surface area (TPSA) is 21.3 Å². The van der Waals surface area contributed by atoms with Crippen LogP contribution in [0.5, 0.6) is 0 Å². The molecule has 76 valence electrons. The van der Waals surface area contributed by atoms with E-state index in [9.17, 15) is 0 Å². The number of ether oxygens (including phenoxy) is 1. The monoisotopic (exact) mass is 203 g/mol. The highest BCUT2D eigenvalue weighted by Gasteiger charge is 2.13. The van der Waals surface area contributed by atoms with Crippen LogP contribution in [-0.2, 0) is 4.74 Å². The van der Waals surface area contributed by atoms with Gasteiger partial charge in [0.15, 0.2) is 0 Å². The Morgan fingerprint density at radius 2 is 2.46 bits per heavy atom. The lowest BCUT2D eigenvalue weighted by Gasteiger charge is -2.08. The van der Waals surface area contributed by atoms with Gasteiger partial charge in [0.2, 0.25) is 0 Å². The fraction of sp³-hybridized carbons (Fsp3) is 0.800. The van der Waals surface area contributed by atoms with Crippen molar-refractivity contribution in [3.8, 4) is 0 Å². The highest BCUT2D eigenvalue weighted by Crippen LogP contribution is 2.16. The number of halogens is 1. The molecule has 1 atom stereocenters. The molecule has 0 spiro atoms. The Morgan fingerprint density at radius 3 is 3.08 bits per heavy atom. The molecule has 1 aliphatic rings. The first-order chi connectivity index (χ1) is 6.29. The Hall–Kier alpha value is -0.0500. The summed E-state index contributed by atoms with van der Waals surface area (Å²) >= 11 is 5.60. The maximum Gasteiger partial charge on any atom is 0.0576 e. The molecule has 0 aromatic heterocycles. The Labute approximate surface area is 85.3 Å². The van der Waals surface area contributed by atoms with E-state index in [1.165, 1.54) is 19.3 Å². The van der Waals surface area contributed by atoms with Crippen molar-refractivity contribution in [1.82, 2.24) is 5.32 Å². The van der Waals surface area contributed by atoms with Crippen LogP contribution in [0.2, 0.25) is 0 Å². The van der Waals surface area contributed by atoms with Crippen molar-refractivity contribution in [2.75, 3.05) is 19.7 Å². The number of hydrogen-bond acceptors (Lipinski definition) is 2. The van der Waals surface area contributed by atoms with Crippen LogP contribution in [-0.4, -0.2) is 25.8 Å². The molecule has 1 heterocycles. The van der Waals surface area contributed by atoms with Gasteiger partial charge < -0.3 is 10.1 Å². The third kappa shape index (κ3) is 5.29. The molecule has 13 heavy (non-hydrogen) atoms. The molecule has 0 amide bonds. The molecule has 1 aliphatic heterocycles. The van der Waals surface area contributed by atoms with Crippen LogP contribution >= 0.6 is 11.6 Å². The first-order valence-electron chi connectivity index (χ1n) is 4.94. The van der Waals surface area contributed by atoms with Crippen molar-refractivity contribution in [2.24, 2.45) is 0 Å². The predicted octanol–water partition coefficient (Wildman–Crippen LogP) is 2.29. The molecule has 0 bridgehead atoms. The van der Waals surface area contributed by atoms with Gasteiger partial charge in [-0.25, -0.2) is 0 Å². The molecule has 2 nitrogen and oxygen atoms in total. The van der Waals surface area contributed by atoms with Crippen molar-refractivity contribution < 1.29 is 4.74 Å². The molecule has 0 aromatic carbocycles. The summed E-state index contributed by atoms with van der Waals surface area (Å²) in [5, 5.41) is 3.90. The number of rotatable bonds is 6. The van der Waals surface area contributed by atoms with Gasteiger partial charge in [0.05, 0.1) is 6.10 Å². The van der Waals surface area contributed by atoms with Gasteiger partial charge in [0.1, 0.15) is 0 Å². The van der Waals surface area contributed by atoms with Gasteiger partial charge in [-0.3, -0.25) is 0 Å². The maximum atomic E-state index is 5.60. The molecule has 0 radical (unpaired) electrons. The van der Waals surface area contributed by atoms with Crippen molar-refractivity contribution in [1.29, 1.82) is 0 Å².